The van der Waals surface area contributed by atoms with Crippen molar-refractivity contribution >= 4 is 0 Å². The van der Waals surface area contributed by atoms with Crippen molar-refractivity contribution < 1.29 is 0 Å². The fraction of sp³-hybridized carbons (Fsp3) is 0.500. The van der Waals surface area contributed by atoms with Crippen LogP contribution in [0.1, 0.15) is 19.2 Å². The average Bonchev–Trinajstić information content (AvgIpc) is 2.97. The zero-order chi connectivity index (χ0) is 12.1. The lowest BCUT2D eigenvalue weighted by atomic mass is 10.3. The highest BCUT2D eigenvalue weighted by Gasteiger charge is 2.05. The second-order valence-electron chi connectivity index (χ2n) is 4.04. The van der Waals surface area contributed by atoms with Crippen molar-refractivity contribution in [3.63, 3.8) is 0 Å². The van der Waals surface area contributed by atoms with Gasteiger partial charge < -0.3 is 10.3 Å². The highest BCUT2D eigenvalue weighted by molar-refractivity contribution is 5.55. The van der Waals surface area contributed by atoms with Crippen LogP contribution in [0.3, 0.4) is 0 Å². The standard InChI is InChI=1S/C12H19N5/c1-3-17-9-10(7-15-17)11-8-14-12(16-11)5-4-6-13-2/h7-9,13H,3-6H2,1-2H3,(H,14,16). The van der Waals surface area contributed by atoms with Gasteiger partial charge in [0.1, 0.15) is 5.82 Å². The molecular weight excluding hydrogens is 214 g/mol. The van der Waals surface area contributed by atoms with Crippen LogP contribution in [0, 0.1) is 0 Å². The first-order valence-corrected chi connectivity index (χ1v) is 6.04. The second kappa shape index (κ2) is 5.63. The van der Waals surface area contributed by atoms with E-state index in [1.165, 1.54) is 0 Å². The van der Waals surface area contributed by atoms with Gasteiger partial charge in [0.15, 0.2) is 0 Å². The maximum Gasteiger partial charge on any atom is 0.106 e. The van der Waals surface area contributed by atoms with Gasteiger partial charge in [-0.1, -0.05) is 0 Å². The average molecular weight is 233 g/mol. The van der Waals surface area contributed by atoms with Crippen LogP contribution in [0.25, 0.3) is 11.3 Å². The number of aryl methyl sites for hydroxylation is 2. The Morgan fingerprint density at radius 2 is 2.29 bits per heavy atom. The van der Waals surface area contributed by atoms with E-state index in [9.17, 15) is 0 Å². The normalized spacial score (nSPS) is 10.9. The predicted molar refractivity (Wildman–Crippen MR) is 67.7 cm³/mol. The zero-order valence-corrected chi connectivity index (χ0v) is 10.4. The molecule has 0 spiro atoms. The lowest BCUT2D eigenvalue weighted by Crippen LogP contribution is -2.08. The van der Waals surface area contributed by atoms with Gasteiger partial charge in [0.05, 0.1) is 18.1 Å². The van der Waals surface area contributed by atoms with E-state index in [0.717, 1.165) is 43.0 Å². The van der Waals surface area contributed by atoms with E-state index in [1.807, 2.05) is 30.3 Å². The first-order chi connectivity index (χ1) is 8.33. The van der Waals surface area contributed by atoms with Crippen molar-refractivity contribution in [3.05, 3.63) is 24.4 Å². The summed E-state index contributed by atoms with van der Waals surface area (Å²) in [7, 11) is 1.96. The van der Waals surface area contributed by atoms with E-state index >= 15 is 0 Å². The minimum atomic E-state index is 0.892. The first kappa shape index (κ1) is 11.9. The quantitative estimate of drug-likeness (QED) is 0.742. The number of hydrogen-bond donors (Lipinski definition) is 2. The number of rotatable bonds is 6. The Kier molecular flexibility index (Phi) is 3.93. The van der Waals surface area contributed by atoms with Crippen LogP contribution in [0.15, 0.2) is 18.6 Å². The van der Waals surface area contributed by atoms with Gasteiger partial charge in [-0.3, -0.25) is 4.68 Å². The highest BCUT2D eigenvalue weighted by atomic mass is 15.3. The Morgan fingerprint density at radius 1 is 1.41 bits per heavy atom. The van der Waals surface area contributed by atoms with Crippen LogP contribution >= 0.6 is 0 Å². The van der Waals surface area contributed by atoms with E-state index < -0.39 is 0 Å². The third-order valence-corrected chi connectivity index (χ3v) is 2.74. The summed E-state index contributed by atoms with van der Waals surface area (Å²) >= 11 is 0. The molecule has 0 aliphatic rings. The molecule has 5 heteroatoms. The molecule has 2 aromatic heterocycles. The van der Waals surface area contributed by atoms with E-state index in [4.69, 9.17) is 0 Å². The van der Waals surface area contributed by atoms with Crippen LogP contribution in [0.2, 0.25) is 0 Å². The van der Waals surface area contributed by atoms with Gasteiger partial charge in [0, 0.05) is 24.7 Å². The van der Waals surface area contributed by atoms with Crippen LogP contribution in [0.5, 0.6) is 0 Å². The summed E-state index contributed by atoms with van der Waals surface area (Å²) in [6.07, 6.45) is 7.85. The molecule has 0 aliphatic heterocycles. The minimum absolute atomic E-state index is 0.892. The fourth-order valence-electron chi connectivity index (χ4n) is 1.74. The topological polar surface area (TPSA) is 58.5 Å². The van der Waals surface area contributed by atoms with E-state index in [2.05, 4.69) is 27.3 Å². The fourth-order valence-corrected chi connectivity index (χ4v) is 1.74. The summed E-state index contributed by atoms with van der Waals surface area (Å²) in [5.74, 6) is 1.04. The largest absolute Gasteiger partial charge is 0.342 e. The molecular formula is C12H19N5. The molecule has 0 bridgehead atoms. The third kappa shape index (κ3) is 2.94. The Morgan fingerprint density at radius 3 is 3.00 bits per heavy atom. The molecule has 92 valence electrons. The molecule has 0 saturated carbocycles. The summed E-state index contributed by atoms with van der Waals surface area (Å²) in [5, 5.41) is 7.39. The number of nitrogens with zero attached hydrogens (tertiary/aromatic N) is 3. The number of H-pyrrole nitrogens is 1. The Balaban J connectivity index is 2.02. The number of aromatic amines is 1. The summed E-state index contributed by atoms with van der Waals surface area (Å²) in [5.41, 5.74) is 2.14. The van der Waals surface area contributed by atoms with Gasteiger partial charge >= 0.3 is 0 Å². The SMILES string of the molecule is CCn1cc(-c2cnc(CCCNC)[nH]2)cn1. The number of aromatic nitrogens is 4. The van der Waals surface area contributed by atoms with E-state index in [1.54, 1.807) is 0 Å². The molecule has 2 N–H and O–H groups in total. The summed E-state index contributed by atoms with van der Waals surface area (Å²) < 4.78 is 1.91. The van der Waals surface area contributed by atoms with Crippen molar-refractivity contribution in [2.75, 3.05) is 13.6 Å². The maximum absolute atomic E-state index is 4.38. The molecule has 0 atom stereocenters. The molecule has 0 amide bonds. The maximum atomic E-state index is 4.38. The van der Waals surface area contributed by atoms with Gasteiger partial charge in [-0.05, 0) is 26.9 Å². The zero-order valence-electron chi connectivity index (χ0n) is 10.4. The molecule has 0 unspecified atom stereocenters. The van der Waals surface area contributed by atoms with Gasteiger partial charge in [0.25, 0.3) is 0 Å². The van der Waals surface area contributed by atoms with Crippen LogP contribution < -0.4 is 5.32 Å². The molecule has 0 saturated heterocycles. The monoisotopic (exact) mass is 233 g/mol. The van der Waals surface area contributed by atoms with Crippen LogP contribution in [0.4, 0.5) is 0 Å². The minimum Gasteiger partial charge on any atom is -0.342 e. The van der Waals surface area contributed by atoms with Crippen molar-refractivity contribution in [3.8, 4) is 11.3 Å². The molecule has 2 rings (SSSR count). The second-order valence-corrected chi connectivity index (χ2v) is 4.04. The number of nitrogens with one attached hydrogen (secondary N) is 2. The van der Waals surface area contributed by atoms with Crippen molar-refractivity contribution in [1.29, 1.82) is 0 Å². The predicted octanol–water partition coefficient (Wildman–Crippen LogP) is 1.45. The van der Waals surface area contributed by atoms with Gasteiger partial charge in [-0.25, -0.2) is 4.98 Å². The number of hydrogen-bond acceptors (Lipinski definition) is 3. The molecule has 0 aromatic carbocycles. The Labute approximate surface area is 101 Å². The van der Waals surface area contributed by atoms with Gasteiger partial charge in [0.2, 0.25) is 0 Å². The lowest BCUT2D eigenvalue weighted by molar-refractivity contribution is 0.660. The van der Waals surface area contributed by atoms with Crippen LogP contribution in [-0.4, -0.2) is 33.3 Å². The first-order valence-electron chi connectivity index (χ1n) is 6.04. The molecule has 2 heterocycles. The third-order valence-electron chi connectivity index (χ3n) is 2.74. The smallest absolute Gasteiger partial charge is 0.106 e. The lowest BCUT2D eigenvalue weighted by Gasteiger charge is -1.96. The van der Waals surface area contributed by atoms with Crippen LogP contribution in [-0.2, 0) is 13.0 Å². The van der Waals surface area contributed by atoms with Gasteiger partial charge in [-0.15, -0.1) is 0 Å². The van der Waals surface area contributed by atoms with Gasteiger partial charge in [-0.2, -0.15) is 5.10 Å². The molecule has 17 heavy (non-hydrogen) atoms. The summed E-state index contributed by atoms with van der Waals surface area (Å²) in [6, 6.07) is 0. The Bertz CT molecular complexity index is 457. The number of imidazole rings is 1. The molecule has 2 aromatic rings. The molecule has 0 aliphatic carbocycles. The summed E-state index contributed by atoms with van der Waals surface area (Å²) in [4.78, 5) is 7.71. The molecule has 0 fully saturated rings. The molecule has 5 nitrogen and oxygen atoms in total. The summed E-state index contributed by atoms with van der Waals surface area (Å²) in [6.45, 7) is 3.99. The molecule has 0 radical (unpaired) electrons. The van der Waals surface area contributed by atoms with E-state index in [0.29, 0.717) is 0 Å². The van der Waals surface area contributed by atoms with E-state index in [-0.39, 0.29) is 0 Å². The highest BCUT2D eigenvalue weighted by Crippen LogP contribution is 2.16. The van der Waals surface area contributed by atoms with Crippen molar-refractivity contribution in [2.24, 2.45) is 0 Å². The van der Waals surface area contributed by atoms with Crippen molar-refractivity contribution in [2.45, 2.75) is 26.3 Å². The Hall–Kier alpha value is -1.62. The van der Waals surface area contributed by atoms with Crippen molar-refractivity contribution in [1.82, 2.24) is 25.1 Å².